The Labute approximate surface area is 770 Å². The molecule has 0 unspecified atom stereocenters. The van der Waals surface area contributed by atoms with E-state index < -0.39 is 0 Å². The van der Waals surface area contributed by atoms with E-state index in [1.807, 2.05) is 0 Å². The third-order valence-corrected chi connectivity index (χ3v) is 28.1. The SMILES string of the molecule is c1ccc(-c2ccc(N(Cc3cc4c5c(c3)N(CCc3c(-c6ccccc6)cc(-c6ccccc6)cc3-c3ccccc3)c3cc(-n6c7ccccc7c7ccccc76)ccc3B5c3cc(-c5cc6cccc7c8cccc9cccc(c(c5)c67)c98)ccc3N4CCc3c(-c4ccccc4)cc(-c4ccccc4)cc3-c3ccccc3)c3ccc(-c4ccccc4)cc3)cc2)cc1. The molecular formula is C127H89BN4. The number of para-hydroxylation sites is 2. The summed E-state index contributed by atoms with van der Waals surface area (Å²) in [7, 11) is 0. The molecule has 0 radical (unpaired) electrons. The van der Waals surface area contributed by atoms with E-state index in [4.69, 9.17) is 0 Å². The average molecular weight is 1680 g/mol. The Morgan fingerprint density at radius 1 is 0.220 bits per heavy atom. The van der Waals surface area contributed by atoms with Gasteiger partial charge < -0.3 is 19.3 Å². The summed E-state index contributed by atoms with van der Waals surface area (Å²) in [6, 6.07) is 181. The van der Waals surface area contributed by atoms with E-state index in [2.05, 4.69) is 499 Å². The van der Waals surface area contributed by atoms with Crippen LogP contribution in [0.1, 0.15) is 16.7 Å². The van der Waals surface area contributed by atoms with Crippen LogP contribution >= 0.6 is 0 Å². The van der Waals surface area contributed by atoms with Crippen LogP contribution in [0.3, 0.4) is 0 Å². The first-order valence-corrected chi connectivity index (χ1v) is 46.3. The maximum atomic E-state index is 2.79. The molecule has 4 nitrogen and oxygen atoms in total. The number of fused-ring (bicyclic) bond motifs is 9. The van der Waals surface area contributed by atoms with Crippen molar-refractivity contribution in [3.05, 3.63) is 496 Å². The first-order chi connectivity index (χ1) is 65.5. The molecule has 1 aromatic heterocycles. The zero-order valence-corrected chi connectivity index (χ0v) is 73.0. The van der Waals surface area contributed by atoms with Gasteiger partial charge in [-0.3, -0.25) is 0 Å². The summed E-state index contributed by atoms with van der Waals surface area (Å²) >= 11 is 0. The number of benzene rings is 22. The van der Waals surface area contributed by atoms with E-state index >= 15 is 0 Å². The van der Waals surface area contributed by atoms with Crippen molar-refractivity contribution in [1.29, 1.82) is 0 Å². The Morgan fingerprint density at radius 2 is 0.576 bits per heavy atom. The minimum Gasteiger partial charge on any atom is -0.342 e. The Bertz CT molecular complexity index is 8050. The lowest BCUT2D eigenvalue weighted by molar-refractivity contribution is 0.899. The van der Waals surface area contributed by atoms with Gasteiger partial charge in [-0.05, 0) is 292 Å². The molecule has 5 heteroatoms. The highest BCUT2D eigenvalue weighted by Gasteiger charge is 2.44. The second-order valence-electron chi connectivity index (χ2n) is 35.5. The predicted octanol–water partition coefficient (Wildman–Crippen LogP) is 31.1. The van der Waals surface area contributed by atoms with Gasteiger partial charge in [0, 0.05) is 70.2 Å². The lowest BCUT2D eigenvalue weighted by atomic mass is 9.33. The van der Waals surface area contributed by atoms with Gasteiger partial charge in [-0.1, -0.05) is 376 Å². The minimum atomic E-state index is -0.248. The van der Waals surface area contributed by atoms with Crippen molar-refractivity contribution in [2.24, 2.45) is 0 Å². The highest BCUT2D eigenvalue weighted by atomic mass is 15.2. The summed E-state index contributed by atoms with van der Waals surface area (Å²) in [5, 5.41) is 12.7. The Hall–Kier alpha value is -16.6. The molecule has 2 aliphatic heterocycles. The van der Waals surface area contributed by atoms with Crippen LogP contribution in [0.4, 0.5) is 34.1 Å². The molecule has 0 aliphatic carbocycles. The molecule has 3 heterocycles. The van der Waals surface area contributed by atoms with Crippen molar-refractivity contribution in [1.82, 2.24) is 4.57 Å². The van der Waals surface area contributed by atoms with Gasteiger partial charge in [-0.25, -0.2) is 0 Å². The van der Waals surface area contributed by atoms with E-state index in [1.54, 1.807) is 0 Å². The number of anilines is 6. The fourth-order valence-corrected chi connectivity index (χ4v) is 22.0. The molecular weight excluding hydrogens is 1590 g/mol. The van der Waals surface area contributed by atoms with Gasteiger partial charge >= 0.3 is 0 Å². The zero-order valence-electron chi connectivity index (χ0n) is 73.0. The number of hydrogen-bond acceptors (Lipinski definition) is 3. The third kappa shape index (κ3) is 13.7. The molecule has 620 valence electrons. The van der Waals surface area contributed by atoms with Crippen LogP contribution in [-0.2, 0) is 19.4 Å². The van der Waals surface area contributed by atoms with Crippen molar-refractivity contribution in [2.45, 2.75) is 19.4 Å². The van der Waals surface area contributed by atoms with Gasteiger partial charge in [0.25, 0.3) is 6.71 Å². The maximum Gasteiger partial charge on any atom is 0.252 e. The topological polar surface area (TPSA) is 14.7 Å². The number of rotatable bonds is 20. The summed E-state index contributed by atoms with van der Waals surface area (Å²) in [6.07, 6.45) is 1.40. The minimum absolute atomic E-state index is 0.248. The molecule has 132 heavy (non-hydrogen) atoms. The number of nitrogens with zero attached hydrogens (tertiary/aromatic N) is 4. The van der Waals surface area contributed by atoms with Crippen LogP contribution in [0.15, 0.2) is 479 Å². The smallest absolute Gasteiger partial charge is 0.252 e. The molecule has 0 atom stereocenters. The molecule has 0 bridgehead atoms. The molecule has 25 rings (SSSR count). The fourth-order valence-electron chi connectivity index (χ4n) is 22.0. The Kier molecular flexibility index (Phi) is 19.4. The third-order valence-electron chi connectivity index (χ3n) is 28.1. The van der Waals surface area contributed by atoms with E-state index in [9.17, 15) is 0 Å². The zero-order chi connectivity index (χ0) is 87.1. The van der Waals surface area contributed by atoms with Crippen molar-refractivity contribution in [3.8, 4) is 106 Å². The van der Waals surface area contributed by atoms with E-state index in [1.165, 1.54) is 221 Å². The normalized spacial score (nSPS) is 12.2. The molecule has 0 saturated carbocycles. The maximum absolute atomic E-state index is 2.79. The second-order valence-corrected chi connectivity index (χ2v) is 35.5. The predicted molar refractivity (Wildman–Crippen MR) is 561 cm³/mol. The van der Waals surface area contributed by atoms with E-state index in [-0.39, 0.29) is 6.71 Å². The second kappa shape index (κ2) is 32.9. The van der Waals surface area contributed by atoms with Crippen molar-refractivity contribution in [2.75, 3.05) is 27.8 Å². The lowest BCUT2D eigenvalue weighted by Crippen LogP contribution is -2.62. The largest absolute Gasteiger partial charge is 0.342 e. The van der Waals surface area contributed by atoms with Crippen LogP contribution in [-0.4, -0.2) is 24.4 Å². The van der Waals surface area contributed by atoms with Crippen molar-refractivity contribution in [3.63, 3.8) is 0 Å². The quantitative estimate of drug-likeness (QED) is 0.0429. The highest BCUT2D eigenvalue weighted by Crippen LogP contribution is 2.49. The monoisotopic (exact) mass is 1680 g/mol. The van der Waals surface area contributed by atoms with Gasteiger partial charge in [0.05, 0.1) is 11.0 Å². The first-order valence-electron chi connectivity index (χ1n) is 46.3. The summed E-state index contributed by atoms with van der Waals surface area (Å²) in [4.78, 5) is 8.12. The molecule has 0 amide bonds. The Morgan fingerprint density at radius 3 is 1.02 bits per heavy atom. The number of aromatic nitrogens is 1. The van der Waals surface area contributed by atoms with Crippen LogP contribution in [0.2, 0.25) is 0 Å². The van der Waals surface area contributed by atoms with Gasteiger partial charge in [0.2, 0.25) is 0 Å². The van der Waals surface area contributed by atoms with Crippen molar-refractivity contribution < 1.29 is 0 Å². The molecule has 0 saturated heterocycles. The van der Waals surface area contributed by atoms with Crippen LogP contribution in [0.5, 0.6) is 0 Å². The molecule has 0 spiro atoms. The Balaban J connectivity index is 0.765. The summed E-state index contributed by atoms with van der Waals surface area (Å²) in [5.41, 5.74) is 39.5. The van der Waals surface area contributed by atoms with E-state index in [0.717, 1.165) is 17.1 Å². The van der Waals surface area contributed by atoms with Gasteiger partial charge in [-0.2, -0.15) is 0 Å². The molecule has 0 fully saturated rings. The molecule has 0 N–H and O–H groups in total. The fraction of sp³-hybridized carbons (Fsp3) is 0.0394. The van der Waals surface area contributed by atoms with Crippen LogP contribution < -0.4 is 31.1 Å². The number of hydrogen-bond donors (Lipinski definition) is 0. The summed E-state index contributed by atoms with van der Waals surface area (Å²) in [5.74, 6) is 0. The van der Waals surface area contributed by atoms with Crippen LogP contribution in [0, 0.1) is 0 Å². The van der Waals surface area contributed by atoms with Crippen LogP contribution in [0.25, 0.3) is 171 Å². The summed E-state index contributed by atoms with van der Waals surface area (Å²) in [6.45, 7) is 1.56. The lowest BCUT2D eigenvalue weighted by Gasteiger charge is -2.45. The average Bonchev–Trinajstić information content (AvgIpc) is 0.928. The van der Waals surface area contributed by atoms with E-state index in [0.29, 0.717) is 32.5 Å². The molecule has 2 aliphatic rings. The summed E-state index contributed by atoms with van der Waals surface area (Å²) < 4.78 is 2.53. The first kappa shape index (κ1) is 77.7. The molecule has 22 aromatic carbocycles. The molecule has 23 aromatic rings. The van der Waals surface area contributed by atoms with Gasteiger partial charge in [0.15, 0.2) is 0 Å². The standard InChI is InChI=1S/C127H89BN4/c1-9-32-86(33-10-1)90-58-63-102(64-59-90)131(103-65-60-91(61-66-103)87-34-11-2-12-35-87)84-85-74-123-127-124(75-85)130(73-71-106-114(94-44-21-7-22-45-94)79-101(89-38-15-4-16-39-89)80-115(106)95-46-23-8-24-47-95)122-83-104(132-119-56-27-25-51-107(119)108-52-26-28-57-120(108)132)67-68-117(122)128(127)118-82-97(99-76-98-50-31-54-110-109-53-29-48-96-49-30-55-111(125(96)109)116(81-99)126(98)110)62-69-121(118)129(123)72-70-105-112(92-40-17-5-18-41-92)77-100(88-36-13-3-14-37-88)78-113(105)93-42-19-6-20-43-93/h1-69,74-83H,70-73,84H2. The van der Waals surface area contributed by atoms with Crippen molar-refractivity contribution >= 4 is 122 Å². The van der Waals surface area contributed by atoms with Gasteiger partial charge in [0.1, 0.15) is 0 Å². The highest BCUT2D eigenvalue weighted by molar-refractivity contribution is 7.00. The van der Waals surface area contributed by atoms with Gasteiger partial charge in [-0.15, -0.1) is 0 Å².